The Balaban J connectivity index is 2.35. The van der Waals surface area contributed by atoms with Crippen molar-refractivity contribution in [2.24, 2.45) is 0 Å². The van der Waals surface area contributed by atoms with Crippen LogP contribution >= 0.6 is 0 Å². The van der Waals surface area contributed by atoms with E-state index in [2.05, 4.69) is 11.9 Å². The van der Waals surface area contributed by atoms with E-state index in [4.69, 9.17) is 5.11 Å². The monoisotopic (exact) mass is 169 g/mol. The summed E-state index contributed by atoms with van der Waals surface area (Å²) < 4.78 is 0. The van der Waals surface area contributed by atoms with Crippen LogP contribution in [0.5, 0.6) is 0 Å². The van der Waals surface area contributed by atoms with Crippen molar-refractivity contribution in [1.82, 2.24) is 5.32 Å². The standard InChI is InChI=1S/C9H15NO2/c1-6(2)5-7-3-4-8(10-7)9(11)12/h7-8,10H,1,3-5H2,2H3,(H,11,12). The molecule has 0 saturated carbocycles. The molecule has 0 bridgehead atoms. The minimum Gasteiger partial charge on any atom is -0.480 e. The van der Waals surface area contributed by atoms with Gasteiger partial charge in [-0.2, -0.15) is 0 Å². The summed E-state index contributed by atoms with van der Waals surface area (Å²) in [6, 6.07) is -0.0158. The second-order valence-corrected chi connectivity index (χ2v) is 3.49. The molecule has 3 heteroatoms. The minimum absolute atomic E-state index is 0.323. The molecule has 0 amide bonds. The molecule has 0 aromatic heterocycles. The second-order valence-electron chi connectivity index (χ2n) is 3.49. The summed E-state index contributed by atoms with van der Waals surface area (Å²) in [4.78, 5) is 10.5. The van der Waals surface area contributed by atoms with Crippen LogP contribution in [0.1, 0.15) is 26.2 Å². The molecule has 3 nitrogen and oxygen atoms in total. The summed E-state index contributed by atoms with van der Waals surface area (Å²) in [7, 11) is 0. The van der Waals surface area contributed by atoms with Gasteiger partial charge in [-0.3, -0.25) is 4.79 Å². The molecule has 1 fully saturated rings. The lowest BCUT2D eigenvalue weighted by Crippen LogP contribution is -2.35. The van der Waals surface area contributed by atoms with Crippen LogP contribution in [-0.2, 0) is 4.79 Å². The molecule has 2 N–H and O–H groups in total. The van der Waals surface area contributed by atoms with Crippen LogP contribution in [0.4, 0.5) is 0 Å². The highest BCUT2D eigenvalue weighted by atomic mass is 16.4. The molecule has 2 unspecified atom stereocenters. The maximum absolute atomic E-state index is 10.5. The number of aliphatic carboxylic acids is 1. The summed E-state index contributed by atoms with van der Waals surface area (Å²) in [6.45, 7) is 5.77. The highest BCUT2D eigenvalue weighted by Gasteiger charge is 2.28. The second kappa shape index (κ2) is 3.72. The Morgan fingerprint density at radius 2 is 2.33 bits per heavy atom. The van der Waals surface area contributed by atoms with E-state index in [9.17, 15) is 4.79 Å². The van der Waals surface area contributed by atoms with E-state index in [1.165, 1.54) is 0 Å². The first kappa shape index (κ1) is 9.26. The summed E-state index contributed by atoms with van der Waals surface area (Å²) >= 11 is 0. The molecule has 1 heterocycles. The van der Waals surface area contributed by atoms with Gasteiger partial charge in [-0.1, -0.05) is 5.57 Å². The van der Waals surface area contributed by atoms with Gasteiger partial charge in [0.1, 0.15) is 6.04 Å². The van der Waals surface area contributed by atoms with Crippen molar-refractivity contribution in [1.29, 1.82) is 0 Å². The molecule has 2 atom stereocenters. The van der Waals surface area contributed by atoms with E-state index in [0.29, 0.717) is 6.04 Å². The molecule has 12 heavy (non-hydrogen) atoms. The zero-order valence-corrected chi connectivity index (χ0v) is 7.34. The maximum Gasteiger partial charge on any atom is 0.320 e. The van der Waals surface area contributed by atoms with E-state index in [-0.39, 0.29) is 6.04 Å². The molecule has 68 valence electrons. The van der Waals surface area contributed by atoms with E-state index in [0.717, 1.165) is 24.8 Å². The number of carboxylic acids is 1. The van der Waals surface area contributed by atoms with Crippen molar-refractivity contribution in [3.8, 4) is 0 Å². The molecule has 0 radical (unpaired) electrons. The van der Waals surface area contributed by atoms with Gasteiger partial charge in [0.15, 0.2) is 0 Å². The molecule has 0 aromatic carbocycles. The Labute approximate surface area is 72.5 Å². The van der Waals surface area contributed by atoms with Crippen LogP contribution in [0.15, 0.2) is 12.2 Å². The van der Waals surface area contributed by atoms with Gasteiger partial charge in [-0.15, -0.1) is 6.58 Å². The molecule has 0 spiro atoms. The Morgan fingerprint density at radius 3 is 2.75 bits per heavy atom. The SMILES string of the molecule is C=C(C)CC1CCC(C(=O)O)N1. The third-order valence-electron chi connectivity index (χ3n) is 2.13. The van der Waals surface area contributed by atoms with Crippen LogP contribution in [0.2, 0.25) is 0 Å². The predicted octanol–water partition coefficient (Wildman–Crippen LogP) is 1.16. The molecule has 0 aromatic rings. The van der Waals surface area contributed by atoms with Crippen molar-refractivity contribution in [3.05, 3.63) is 12.2 Å². The first-order chi connectivity index (χ1) is 5.59. The number of hydrogen-bond acceptors (Lipinski definition) is 2. The average molecular weight is 169 g/mol. The predicted molar refractivity (Wildman–Crippen MR) is 47.0 cm³/mol. The van der Waals surface area contributed by atoms with E-state index in [1.54, 1.807) is 0 Å². The fraction of sp³-hybridized carbons (Fsp3) is 0.667. The summed E-state index contributed by atoms with van der Waals surface area (Å²) in [5.41, 5.74) is 1.11. The normalized spacial score (nSPS) is 28.8. The van der Waals surface area contributed by atoms with Crippen molar-refractivity contribution < 1.29 is 9.90 Å². The maximum atomic E-state index is 10.5. The van der Waals surface area contributed by atoms with Crippen LogP contribution in [0, 0.1) is 0 Å². The summed E-state index contributed by atoms with van der Waals surface area (Å²) in [5, 5.41) is 11.7. The first-order valence-corrected chi connectivity index (χ1v) is 4.23. The first-order valence-electron chi connectivity index (χ1n) is 4.23. The molecule has 0 aliphatic carbocycles. The van der Waals surface area contributed by atoms with Gasteiger partial charge in [-0.05, 0) is 26.2 Å². The van der Waals surface area contributed by atoms with Crippen LogP contribution in [0.3, 0.4) is 0 Å². The molecular formula is C9H15NO2. The fourth-order valence-corrected chi connectivity index (χ4v) is 1.60. The molecule has 1 aliphatic heterocycles. The van der Waals surface area contributed by atoms with Crippen molar-refractivity contribution in [2.45, 2.75) is 38.3 Å². The third-order valence-corrected chi connectivity index (χ3v) is 2.13. The Hall–Kier alpha value is -0.830. The smallest absolute Gasteiger partial charge is 0.320 e. The van der Waals surface area contributed by atoms with Crippen molar-refractivity contribution >= 4 is 5.97 Å². The zero-order valence-electron chi connectivity index (χ0n) is 7.34. The lowest BCUT2D eigenvalue weighted by Gasteiger charge is -2.10. The summed E-state index contributed by atoms with van der Waals surface area (Å²) in [5.74, 6) is -0.737. The van der Waals surface area contributed by atoms with Gasteiger partial charge in [0, 0.05) is 6.04 Å². The molecule has 1 aliphatic rings. The van der Waals surface area contributed by atoms with Gasteiger partial charge < -0.3 is 10.4 Å². The van der Waals surface area contributed by atoms with Gasteiger partial charge in [0.25, 0.3) is 0 Å². The molecular weight excluding hydrogens is 154 g/mol. The molecule has 1 saturated heterocycles. The van der Waals surface area contributed by atoms with Crippen LogP contribution in [0.25, 0.3) is 0 Å². The zero-order chi connectivity index (χ0) is 9.14. The number of carbonyl (C=O) groups is 1. The van der Waals surface area contributed by atoms with Crippen molar-refractivity contribution in [3.63, 3.8) is 0 Å². The highest BCUT2D eigenvalue weighted by molar-refractivity contribution is 5.73. The van der Waals surface area contributed by atoms with Gasteiger partial charge in [-0.25, -0.2) is 0 Å². The average Bonchev–Trinajstić information content (AvgIpc) is 2.34. The Kier molecular flexibility index (Phi) is 2.87. The number of hydrogen-bond donors (Lipinski definition) is 2. The van der Waals surface area contributed by atoms with E-state index < -0.39 is 5.97 Å². The highest BCUT2D eigenvalue weighted by Crippen LogP contribution is 2.17. The number of rotatable bonds is 3. The largest absolute Gasteiger partial charge is 0.480 e. The topological polar surface area (TPSA) is 49.3 Å². The van der Waals surface area contributed by atoms with Gasteiger partial charge in [0.2, 0.25) is 0 Å². The quantitative estimate of drug-likeness (QED) is 0.623. The van der Waals surface area contributed by atoms with Crippen LogP contribution < -0.4 is 5.32 Å². The van der Waals surface area contributed by atoms with Crippen LogP contribution in [-0.4, -0.2) is 23.2 Å². The van der Waals surface area contributed by atoms with Crippen molar-refractivity contribution in [2.75, 3.05) is 0 Å². The van der Waals surface area contributed by atoms with E-state index >= 15 is 0 Å². The fourth-order valence-electron chi connectivity index (χ4n) is 1.60. The molecule has 1 rings (SSSR count). The minimum atomic E-state index is -0.737. The van der Waals surface area contributed by atoms with Gasteiger partial charge >= 0.3 is 5.97 Å². The Bertz CT molecular complexity index is 201. The Morgan fingerprint density at radius 1 is 1.67 bits per heavy atom. The third kappa shape index (κ3) is 2.34. The number of nitrogens with one attached hydrogen (secondary N) is 1. The summed E-state index contributed by atoms with van der Waals surface area (Å²) in [6.07, 6.45) is 2.58. The van der Waals surface area contributed by atoms with Gasteiger partial charge in [0.05, 0.1) is 0 Å². The lowest BCUT2D eigenvalue weighted by molar-refractivity contribution is -0.139. The lowest BCUT2D eigenvalue weighted by atomic mass is 10.1. The number of carboxylic acid groups (broad SMARTS) is 1. The van der Waals surface area contributed by atoms with E-state index in [1.807, 2.05) is 6.92 Å².